The van der Waals surface area contributed by atoms with Gasteiger partial charge in [-0.1, -0.05) is 48.5 Å². The largest absolute Gasteiger partial charge is 0.430 e. The first-order chi connectivity index (χ1) is 15.3. The fourth-order valence-corrected chi connectivity index (χ4v) is 3.76. The van der Waals surface area contributed by atoms with E-state index in [-0.39, 0.29) is 0 Å². The van der Waals surface area contributed by atoms with Crippen LogP contribution >= 0.6 is 0 Å². The molecule has 0 bridgehead atoms. The van der Waals surface area contributed by atoms with E-state index in [1.165, 1.54) is 0 Å². The highest BCUT2D eigenvalue weighted by Crippen LogP contribution is 2.29. The number of hydrogen-bond acceptors (Lipinski definition) is 7. The Bertz CT molecular complexity index is 1140. The van der Waals surface area contributed by atoms with Crippen LogP contribution < -0.4 is 5.32 Å². The molecule has 3 heterocycles. The molecule has 31 heavy (non-hydrogen) atoms. The van der Waals surface area contributed by atoms with E-state index in [1.807, 2.05) is 60.7 Å². The maximum Gasteiger partial charge on any atom is 0.229 e. The highest BCUT2D eigenvalue weighted by molar-refractivity contribution is 5.84. The summed E-state index contributed by atoms with van der Waals surface area (Å²) in [5, 5.41) is 3.49. The Hall–Kier alpha value is -3.29. The smallest absolute Gasteiger partial charge is 0.229 e. The second kappa shape index (κ2) is 8.83. The molecule has 7 nitrogen and oxygen atoms in total. The van der Waals surface area contributed by atoms with Crippen LogP contribution in [0, 0.1) is 0 Å². The van der Waals surface area contributed by atoms with Crippen LogP contribution in [0.5, 0.6) is 0 Å². The van der Waals surface area contributed by atoms with Gasteiger partial charge in [0.1, 0.15) is 0 Å². The van der Waals surface area contributed by atoms with Gasteiger partial charge in [0.2, 0.25) is 17.1 Å². The van der Waals surface area contributed by atoms with E-state index in [0.717, 1.165) is 44.0 Å². The van der Waals surface area contributed by atoms with Crippen molar-refractivity contribution in [2.75, 3.05) is 38.2 Å². The minimum absolute atomic E-state index is 0.339. The van der Waals surface area contributed by atoms with Crippen LogP contribution in [0.25, 0.3) is 34.1 Å². The minimum atomic E-state index is 0.339. The first-order valence-corrected chi connectivity index (χ1v) is 10.6. The van der Waals surface area contributed by atoms with Gasteiger partial charge in [-0.2, -0.15) is 4.98 Å². The van der Waals surface area contributed by atoms with Crippen molar-refractivity contribution in [2.24, 2.45) is 0 Å². The molecule has 0 saturated carbocycles. The van der Waals surface area contributed by atoms with Crippen molar-refractivity contribution < 1.29 is 9.15 Å². The van der Waals surface area contributed by atoms with E-state index in [2.05, 4.69) is 27.1 Å². The molecular weight excluding hydrogens is 390 g/mol. The monoisotopic (exact) mass is 415 g/mol. The number of morpholine rings is 1. The van der Waals surface area contributed by atoms with Crippen molar-refractivity contribution in [3.63, 3.8) is 0 Å². The van der Waals surface area contributed by atoms with E-state index in [1.54, 1.807) is 0 Å². The van der Waals surface area contributed by atoms with Crippen molar-refractivity contribution in [3.05, 3.63) is 60.7 Å². The van der Waals surface area contributed by atoms with E-state index < -0.39 is 0 Å². The quantitative estimate of drug-likeness (QED) is 0.508. The van der Waals surface area contributed by atoms with Gasteiger partial charge >= 0.3 is 0 Å². The number of hydrogen-bond donors (Lipinski definition) is 1. The van der Waals surface area contributed by atoms with Crippen molar-refractivity contribution in [2.45, 2.75) is 13.0 Å². The van der Waals surface area contributed by atoms with E-state index >= 15 is 0 Å². The molecule has 4 aromatic rings. The molecule has 0 unspecified atom stereocenters. The molecule has 1 N–H and O–H groups in total. The third-order valence-electron chi connectivity index (χ3n) is 5.54. The second-order valence-electron chi connectivity index (χ2n) is 7.68. The summed E-state index contributed by atoms with van der Waals surface area (Å²) < 4.78 is 11.6. The minimum Gasteiger partial charge on any atom is -0.430 e. The maximum atomic E-state index is 6.12. The summed E-state index contributed by atoms with van der Waals surface area (Å²) >= 11 is 0. The van der Waals surface area contributed by atoms with Gasteiger partial charge in [0.15, 0.2) is 11.6 Å². The number of aromatic nitrogens is 3. The first kappa shape index (κ1) is 19.7. The lowest BCUT2D eigenvalue weighted by atomic mass is 10.2. The summed E-state index contributed by atoms with van der Waals surface area (Å²) in [6.45, 7) is 6.40. The molecular formula is C24H25N5O2. The Labute approximate surface area is 181 Å². The van der Waals surface area contributed by atoms with Crippen LogP contribution in [0.1, 0.15) is 6.92 Å². The number of anilines is 1. The van der Waals surface area contributed by atoms with Gasteiger partial charge in [0, 0.05) is 36.8 Å². The molecule has 2 aromatic carbocycles. The Balaban J connectivity index is 1.50. The van der Waals surface area contributed by atoms with Crippen LogP contribution in [0.3, 0.4) is 0 Å². The topological polar surface area (TPSA) is 76.3 Å². The fourth-order valence-electron chi connectivity index (χ4n) is 3.76. The molecule has 1 aliphatic heterocycles. The van der Waals surface area contributed by atoms with Gasteiger partial charge in [-0.3, -0.25) is 4.90 Å². The van der Waals surface area contributed by atoms with Gasteiger partial charge in [-0.15, -0.1) is 0 Å². The standard InChI is InChI=1S/C24H25N5O2/c1-17(29-12-14-30-15-13-29)16-25-22-20-23(27-21(26-22)18-8-4-2-5-9-18)28-24(31-20)19-10-6-3-7-11-19/h2-11,17H,12-16H2,1H3,(H,25,26,27)/t17-/m1/s1. The van der Waals surface area contributed by atoms with E-state index in [0.29, 0.717) is 34.8 Å². The predicted octanol–water partition coefficient (Wildman–Crippen LogP) is 4.08. The molecule has 5 rings (SSSR count). The zero-order chi connectivity index (χ0) is 21.0. The average molecular weight is 415 g/mol. The molecule has 7 heteroatoms. The molecule has 1 saturated heterocycles. The summed E-state index contributed by atoms with van der Waals surface area (Å²) in [7, 11) is 0. The number of ether oxygens (including phenoxy) is 1. The third-order valence-corrected chi connectivity index (χ3v) is 5.54. The lowest BCUT2D eigenvalue weighted by Gasteiger charge is -2.32. The predicted molar refractivity (Wildman–Crippen MR) is 121 cm³/mol. The summed E-state index contributed by atoms with van der Waals surface area (Å²) in [6, 6.07) is 20.1. The van der Waals surface area contributed by atoms with Gasteiger partial charge in [0.05, 0.1) is 13.2 Å². The summed E-state index contributed by atoms with van der Waals surface area (Å²) in [5.74, 6) is 1.83. The Morgan fingerprint density at radius 2 is 1.58 bits per heavy atom. The third kappa shape index (κ3) is 4.28. The van der Waals surface area contributed by atoms with Crippen LogP contribution in [-0.2, 0) is 4.74 Å². The van der Waals surface area contributed by atoms with Crippen molar-refractivity contribution in [1.29, 1.82) is 0 Å². The molecule has 1 fully saturated rings. The van der Waals surface area contributed by atoms with E-state index in [9.17, 15) is 0 Å². The van der Waals surface area contributed by atoms with Crippen LogP contribution in [0.15, 0.2) is 65.1 Å². The SMILES string of the molecule is C[C@H](CNc1nc(-c2ccccc2)nc2nc(-c3ccccc3)oc12)N1CCOCC1. The van der Waals surface area contributed by atoms with Gasteiger partial charge in [0.25, 0.3) is 0 Å². The normalized spacial score (nSPS) is 15.8. The summed E-state index contributed by atoms with van der Waals surface area (Å²) in [4.78, 5) is 16.6. The lowest BCUT2D eigenvalue weighted by Crippen LogP contribution is -2.45. The molecule has 1 aliphatic rings. The Morgan fingerprint density at radius 3 is 2.29 bits per heavy atom. The number of oxazole rings is 1. The van der Waals surface area contributed by atoms with Crippen LogP contribution in [-0.4, -0.2) is 58.7 Å². The second-order valence-corrected chi connectivity index (χ2v) is 7.68. The zero-order valence-corrected chi connectivity index (χ0v) is 17.5. The fraction of sp³-hybridized carbons (Fsp3) is 0.292. The van der Waals surface area contributed by atoms with E-state index in [4.69, 9.17) is 14.1 Å². The number of nitrogens with one attached hydrogen (secondary N) is 1. The summed E-state index contributed by atoms with van der Waals surface area (Å²) in [5.41, 5.74) is 2.98. The lowest BCUT2D eigenvalue weighted by molar-refractivity contribution is 0.0227. The maximum absolute atomic E-state index is 6.12. The molecule has 0 amide bonds. The molecule has 2 aromatic heterocycles. The molecule has 0 aliphatic carbocycles. The summed E-state index contributed by atoms with van der Waals surface area (Å²) in [6.07, 6.45) is 0. The number of rotatable bonds is 6. The Morgan fingerprint density at radius 1 is 0.903 bits per heavy atom. The van der Waals surface area contributed by atoms with Crippen LogP contribution in [0.2, 0.25) is 0 Å². The van der Waals surface area contributed by atoms with Crippen molar-refractivity contribution in [3.8, 4) is 22.8 Å². The average Bonchev–Trinajstić information content (AvgIpc) is 3.28. The highest BCUT2D eigenvalue weighted by Gasteiger charge is 2.20. The van der Waals surface area contributed by atoms with Gasteiger partial charge in [-0.25, -0.2) is 9.97 Å². The highest BCUT2D eigenvalue weighted by atomic mass is 16.5. The Kier molecular flexibility index (Phi) is 5.60. The molecule has 0 spiro atoms. The number of fused-ring (bicyclic) bond motifs is 1. The molecule has 158 valence electrons. The first-order valence-electron chi connectivity index (χ1n) is 10.6. The zero-order valence-electron chi connectivity index (χ0n) is 17.5. The van der Waals surface area contributed by atoms with Gasteiger partial charge in [-0.05, 0) is 19.1 Å². The van der Waals surface area contributed by atoms with Gasteiger partial charge < -0.3 is 14.5 Å². The number of nitrogens with zero attached hydrogens (tertiary/aromatic N) is 4. The molecule has 1 atom stereocenters. The van der Waals surface area contributed by atoms with Crippen LogP contribution in [0.4, 0.5) is 5.82 Å². The molecule has 0 radical (unpaired) electrons. The van der Waals surface area contributed by atoms with Crippen molar-refractivity contribution >= 4 is 17.0 Å². The van der Waals surface area contributed by atoms with Crippen molar-refractivity contribution in [1.82, 2.24) is 19.9 Å². The number of benzene rings is 2.